The van der Waals surface area contributed by atoms with E-state index in [1.807, 2.05) is 31.2 Å². The second-order valence-electron chi connectivity index (χ2n) is 10.1. The molecular formula is C30H24FN7O. The summed E-state index contributed by atoms with van der Waals surface area (Å²) in [6.07, 6.45) is 11.6. The Hall–Kier alpha value is -4.92. The summed E-state index contributed by atoms with van der Waals surface area (Å²) in [7, 11) is 0. The SMILES string of the molecule is Cc1cc(F)cc(-c2cncc3[nH]c(-c4n[nH]c5cnc(-c6cncc(NC(=O)C7CCC7)c6)cc45)cc23)c1. The first kappa shape index (κ1) is 23.2. The summed E-state index contributed by atoms with van der Waals surface area (Å²) in [4.78, 5) is 29.1. The first-order valence-electron chi connectivity index (χ1n) is 12.9. The van der Waals surface area contributed by atoms with E-state index in [2.05, 4.69) is 35.5 Å². The zero-order valence-corrected chi connectivity index (χ0v) is 21.1. The summed E-state index contributed by atoms with van der Waals surface area (Å²) in [6, 6.07) is 10.8. The standard InChI is InChI=1S/C30H24FN7O/c1-16-5-18(7-20(31)6-16)24-13-33-14-27-22(24)9-26(36-27)29-23-10-25(34-15-28(23)37-38-29)19-8-21(12-32-11-19)35-30(39)17-3-2-4-17/h5-15,17,36H,2-4H2,1H3,(H,35,39)(H,37,38). The van der Waals surface area contributed by atoms with Gasteiger partial charge < -0.3 is 10.3 Å². The quantitative estimate of drug-likeness (QED) is 0.244. The van der Waals surface area contributed by atoms with Gasteiger partial charge in [0.2, 0.25) is 5.91 Å². The van der Waals surface area contributed by atoms with Crippen molar-refractivity contribution >= 4 is 33.4 Å². The Balaban J connectivity index is 1.27. The molecular weight excluding hydrogens is 493 g/mol. The van der Waals surface area contributed by atoms with Gasteiger partial charge in [0.25, 0.3) is 0 Å². The minimum atomic E-state index is -0.280. The first-order valence-corrected chi connectivity index (χ1v) is 12.9. The van der Waals surface area contributed by atoms with Crippen LogP contribution in [0.2, 0.25) is 0 Å². The van der Waals surface area contributed by atoms with E-state index in [1.165, 1.54) is 12.1 Å². The van der Waals surface area contributed by atoms with E-state index < -0.39 is 0 Å². The second kappa shape index (κ2) is 9.13. The fourth-order valence-electron chi connectivity index (χ4n) is 5.14. The molecule has 1 aliphatic rings. The molecule has 1 saturated carbocycles. The van der Waals surface area contributed by atoms with E-state index in [0.717, 1.165) is 74.7 Å². The number of nitrogens with one attached hydrogen (secondary N) is 3. The number of hydrogen-bond acceptors (Lipinski definition) is 5. The Morgan fingerprint density at radius 1 is 0.923 bits per heavy atom. The van der Waals surface area contributed by atoms with Crippen molar-refractivity contribution in [2.75, 3.05) is 5.32 Å². The van der Waals surface area contributed by atoms with Gasteiger partial charge in [0.1, 0.15) is 11.5 Å². The van der Waals surface area contributed by atoms with Crippen molar-refractivity contribution < 1.29 is 9.18 Å². The van der Waals surface area contributed by atoms with Gasteiger partial charge in [0.15, 0.2) is 0 Å². The van der Waals surface area contributed by atoms with Gasteiger partial charge in [-0.2, -0.15) is 5.10 Å². The zero-order chi connectivity index (χ0) is 26.5. The van der Waals surface area contributed by atoms with Crippen molar-refractivity contribution in [1.82, 2.24) is 30.1 Å². The molecule has 0 saturated heterocycles. The third-order valence-electron chi connectivity index (χ3n) is 7.38. The van der Waals surface area contributed by atoms with Crippen LogP contribution >= 0.6 is 0 Å². The van der Waals surface area contributed by atoms with Gasteiger partial charge >= 0.3 is 0 Å². The van der Waals surface area contributed by atoms with E-state index >= 15 is 0 Å². The second-order valence-corrected chi connectivity index (χ2v) is 10.1. The van der Waals surface area contributed by atoms with Crippen LogP contribution in [0.4, 0.5) is 10.1 Å². The molecule has 1 fully saturated rings. The fraction of sp³-hybridized carbons (Fsp3) is 0.167. The molecule has 8 nitrogen and oxygen atoms in total. The minimum absolute atomic E-state index is 0.0433. The van der Waals surface area contributed by atoms with Crippen LogP contribution in [0, 0.1) is 18.7 Å². The van der Waals surface area contributed by atoms with Crippen molar-refractivity contribution in [2.24, 2.45) is 5.92 Å². The van der Waals surface area contributed by atoms with Gasteiger partial charge in [-0.25, -0.2) is 4.39 Å². The molecule has 0 atom stereocenters. The lowest BCUT2D eigenvalue weighted by Crippen LogP contribution is -2.28. The smallest absolute Gasteiger partial charge is 0.227 e. The zero-order valence-electron chi connectivity index (χ0n) is 21.1. The van der Waals surface area contributed by atoms with Crippen LogP contribution in [-0.2, 0) is 4.79 Å². The fourth-order valence-corrected chi connectivity index (χ4v) is 5.14. The predicted octanol–water partition coefficient (Wildman–Crippen LogP) is 6.42. The molecule has 1 aromatic carbocycles. The number of carbonyl (C=O) groups is 1. The Morgan fingerprint density at radius 2 is 1.79 bits per heavy atom. The monoisotopic (exact) mass is 517 g/mol. The van der Waals surface area contributed by atoms with Crippen LogP contribution in [-0.4, -0.2) is 36.0 Å². The van der Waals surface area contributed by atoms with Gasteiger partial charge in [0, 0.05) is 40.2 Å². The van der Waals surface area contributed by atoms with Gasteiger partial charge in [-0.3, -0.25) is 24.8 Å². The molecule has 0 bridgehead atoms. The molecule has 7 rings (SSSR count). The number of benzene rings is 1. The number of rotatable bonds is 5. The number of nitrogens with zero attached hydrogens (tertiary/aromatic N) is 4. The van der Waals surface area contributed by atoms with Gasteiger partial charge in [-0.05, 0) is 61.2 Å². The highest BCUT2D eigenvalue weighted by atomic mass is 19.1. The van der Waals surface area contributed by atoms with E-state index in [9.17, 15) is 9.18 Å². The number of carbonyl (C=O) groups excluding carboxylic acids is 1. The minimum Gasteiger partial charge on any atom is -0.352 e. The van der Waals surface area contributed by atoms with Crippen LogP contribution < -0.4 is 5.32 Å². The summed E-state index contributed by atoms with van der Waals surface area (Å²) >= 11 is 0. The number of hydrogen-bond donors (Lipinski definition) is 3. The maximum absolute atomic E-state index is 14.2. The van der Waals surface area contributed by atoms with Gasteiger partial charge in [0.05, 0.1) is 46.7 Å². The largest absolute Gasteiger partial charge is 0.352 e. The number of fused-ring (bicyclic) bond motifs is 2. The average molecular weight is 518 g/mol. The Kier molecular flexibility index (Phi) is 5.43. The predicted molar refractivity (Wildman–Crippen MR) is 148 cm³/mol. The van der Waals surface area contributed by atoms with Crippen molar-refractivity contribution in [3.8, 4) is 33.8 Å². The van der Waals surface area contributed by atoms with Crippen molar-refractivity contribution in [1.29, 1.82) is 0 Å². The van der Waals surface area contributed by atoms with E-state index in [1.54, 1.807) is 31.0 Å². The molecule has 0 unspecified atom stereocenters. The van der Waals surface area contributed by atoms with Crippen molar-refractivity contribution in [2.45, 2.75) is 26.2 Å². The summed E-state index contributed by atoms with van der Waals surface area (Å²) in [6.45, 7) is 1.87. The van der Waals surface area contributed by atoms with Gasteiger partial charge in [-0.15, -0.1) is 0 Å². The van der Waals surface area contributed by atoms with Crippen LogP contribution in [0.1, 0.15) is 24.8 Å². The van der Waals surface area contributed by atoms with Gasteiger partial charge in [-0.1, -0.05) is 12.5 Å². The molecule has 1 amide bonds. The highest BCUT2D eigenvalue weighted by molar-refractivity contribution is 6.01. The molecule has 0 radical (unpaired) electrons. The number of aromatic nitrogens is 6. The van der Waals surface area contributed by atoms with Crippen molar-refractivity contribution in [3.63, 3.8) is 0 Å². The van der Waals surface area contributed by atoms with Crippen LogP contribution in [0.15, 0.2) is 67.4 Å². The van der Waals surface area contributed by atoms with Crippen LogP contribution in [0.3, 0.4) is 0 Å². The Bertz CT molecular complexity index is 1870. The van der Waals surface area contributed by atoms with Crippen LogP contribution in [0.25, 0.3) is 55.6 Å². The number of aromatic amines is 2. The third-order valence-corrected chi connectivity index (χ3v) is 7.38. The maximum atomic E-state index is 14.2. The van der Waals surface area contributed by atoms with E-state index in [0.29, 0.717) is 11.4 Å². The maximum Gasteiger partial charge on any atom is 0.227 e. The number of anilines is 1. The lowest BCUT2D eigenvalue weighted by molar-refractivity contribution is -0.122. The number of aryl methyl sites for hydroxylation is 1. The molecule has 5 heterocycles. The Labute approximate surface area is 222 Å². The highest BCUT2D eigenvalue weighted by Crippen LogP contribution is 2.35. The number of H-pyrrole nitrogens is 2. The summed E-state index contributed by atoms with van der Waals surface area (Å²) in [5.74, 6) is -0.146. The normalized spacial score (nSPS) is 13.6. The first-order chi connectivity index (χ1) is 19.0. The van der Waals surface area contributed by atoms with Crippen molar-refractivity contribution in [3.05, 3.63) is 78.8 Å². The number of amides is 1. The Morgan fingerprint density at radius 3 is 2.62 bits per heavy atom. The summed E-state index contributed by atoms with van der Waals surface area (Å²) < 4.78 is 14.2. The number of halogens is 1. The lowest BCUT2D eigenvalue weighted by atomic mass is 9.85. The highest BCUT2D eigenvalue weighted by Gasteiger charge is 2.25. The molecule has 5 aromatic heterocycles. The molecule has 0 aliphatic heterocycles. The van der Waals surface area contributed by atoms with E-state index in [4.69, 9.17) is 0 Å². The lowest BCUT2D eigenvalue weighted by Gasteiger charge is -2.24. The van der Waals surface area contributed by atoms with E-state index in [-0.39, 0.29) is 17.6 Å². The summed E-state index contributed by atoms with van der Waals surface area (Å²) in [5.41, 5.74) is 7.76. The average Bonchev–Trinajstić information content (AvgIpc) is 3.50. The third kappa shape index (κ3) is 4.21. The molecule has 1 aliphatic carbocycles. The van der Waals surface area contributed by atoms with Crippen LogP contribution in [0.5, 0.6) is 0 Å². The molecule has 192 valence electrons. The molecule has 0 spiro atoms. The molecule has 3 N–H and O–H groups in total. The summed E-state index contributed by atoms with van der Waals surface area (Å²) in [5, 5.41) is 12.4. The molecule has 9 heteroatoms. The number of pyridine rings is 3. The topological polar surface area (TPSA) is 112 Å². The molecule has 6 aromatic rings. The molecule has 39 heavy (non-hydrogen) atoms.